The summed E-state index contributed by atoms with van der Waals surface area (Å²) < 4.78 is 11.2. The van der Waals surface area contributed by atoms with Gasteiger partial charge in [-0.25, -0.2) is 0 Å². The van der Waals surface area contributed by atoms with Gasteiger partial charge in [-0.1, -0.05) is 23.7 Å². The van der Waals surface area contributed by atoms with E-state index >= 15 is 0 Å². The van der Waals surface area contributed by atoms with Crippen molar-refractivity contribution in [3.8, 4) is 11.5 Å². The van der Waals surface area contributed by atoms with Gasteiger partial charge in [-0.3, -0.25) is 19.8 Å². The van der Waals surface area contributed by atoms with Crippen LogP contribution in [-0.2, 0) is 9.59 Å². The van der Waals surface area contributed by atoms with E-state index in [1.165, 1.54) is 11.0 Å². The molecule has 2 amide bonds. The summed E-state index contributed by atoms with van der Waals surface area (Å²) in [6.07, 6.45) is 1.50. The molecular weight excluding hydrogens is 424 g/mol. The maximum absolute atomic E-state index is 13.1. The largest absolute Gasteiger partial charge is 0.490 e. The Balaban J connectivity index is 2.00. The first-order valence-corrected chi connectivity index (χ1v) is 10.2. The number of ether oxygens (including phenoxy) is 2. The molecule has 1 aliphatic heterocycles. The molecule has 1 fully saturated rings. The van der Waals surface area contributed by atoms with Crippen molar-refractivity contribution in [1.29, 1.82) is 0 Å². The zero-order valence-electron chi connectivity index (χ0n) is 16.8. The van der Waals surface area contributed by atoms with Gasteiger partial charge in [-0.2, -0.15) is 0 Å². The van der Waals surface area contributed by atoms with Crippen LogP contribution in [0.15, 0.2) is 42.0 Å². The summed E-state index contributed by atoms with van der Waals surface area (Å²) in [5, 5.41) is 3.07. The lowest BCUT2D eigenvalue weighted by Crippen LogP contribution is -2.54. The van der Waals surface area contributed by atoms with Crippen LogP contribution in [0.5, 0.6) is 11.5 Å². The van der Waals surface area contributed by atoms with Crippen molar-refractivity contribution in [2.24, 2.45) is 0 Å². The minimum absolute atomic E-state index is 0.00349. The molecule has 3 rings (SSSR count). The maximum atomic E-state index is 13.1. The van der Waals surface area contributed by atoms with Gasteiger partial charge in [0.15, 0.2) is 16.6 Å². The first-order chi connectivity index (χ1) is 14.3. The summed E-state index contributed by atoms with van der Waals surface area (Å²) in [5.41, 5.74) is 1.92. The fourth-order valence-corrected chi connectivity index (χ4v) is 3.39. The highest BCUT2D eigenvalue weighted by Crippen LogP contribution is 2.31. The Kier molecular flexibility index (Phi) is 6.74. The lowest BCUT2D eigenvalue weighted by atomic mass is 10.1. The van der Waals surface area contributed by atoms with Crippen LogP contribution in [0.25, 0.3) is 6.08 Å². The molecule has 6 nitrogen and oxygen atoms in total. The van der Waals surface area contributed by atoms with E-state index in [4.69, 9.17) is 33.3 Å². The molecule has 8 heteroatoms. The van der Waals surface area contributed by atoms with Crippen molar-refractivity contribution < 1.29 is 19.1 Å². The van der Waals surface area contributed by atoms with Crippen molar-refractivity contribution in [2.45, 2.75) is 20.8 Å². The topological polar surface area (TPSA) is 67.9 Å². The van der Waals surface area contributed by atoms with E-state index in [9.17, 15) is 9.59 Å². The molecule has 0 aromatic heterocycles. The Hall–Kier alpha value is -2.90. The van der Waals surface area contributed by atoms with Gasteiger partial charge in [0.05, 0.1) is 18.9 Å². The second kappa shape index (κ2) is 9.28. The number of nitrogens with zero attached hydrogens (tertiary/aromatic N) is 1. The molecule has 0 saturated carbocycles. The van der Waals surface area contributed by atoms with Gasteiger partial charge >= 0.3 is 0 Å². The minimum Gasteiger partial charge on any atom is -0.490 e. The zero-order valence-corrected chi connectivity index (χ0v) is 18.4. The first-order valence-electron chi connectivity index (χ1n) is 9.43. The van der Waals surface area contributed by atoms with Gasteiger partial charge in [0.2, 0.25) is 0 Å². The SMILES string of the molecule is CCOc1ccc(/C=C2\C(=O)NC(=S)N(c3ccc(C)c(Cl)c3)C2=O)cc1OCC. The number of thiocarbonyl (C=S) groups is 1. The summed E-state index contributed by atoms with van der Waals surface area (Å²) in [7, 11) is 0. The van der Waals surface area contributed by atoms with Crippen LogP contribution in [-0.4, -0.2) is 30.1 Å². The van der Waals surface area contributed by atoms with E-state index in [1.54, 1.807) is 36.4 Å². The quantitative estimate of drug-likeness (QED) is 0.409. The normalized spacial score (nSPS) is 15.4. The Bertz CT molecular complexity index is 1050. The Morgan fingerprint density at radius 1 is 1.07 bits per heavy atom. The van der Waals surface area contributed by atoms with Gasteiger partial charge in [0, 0.05) is 5.02 Å². The molecule has 0 aliphatic carbocycles. The predicted molar refractivity (Wildman–Crippen MR) is 121 cm³/mol. The third kappa shape index (κ3) is 4.47. The Morgan fingerprint density at radius 3 is 2.43 bits per heavy atom. The van der Waals surface area contributed by atoms with Crippen molar-refractivity contribution >= 4 is 52.5 Å². The second-order valence-electron chi connectivity index (χ2n) is 6.46. The first kappa shape index (κ1) is 21.8. The minimum atomic E-state index is -0.564. The average Bonchev–Trinajstić information content (AvgIpc) is 2.70. The van der Waals surface area contributed by atoms with Crippen LogP contribution in [0.2, 0.25) is 5.02 Å². The van der Waals surface area contributed by atoms with Gasteiger partial charge in [0.1, 0.15) is 5.57 Å². The standard InChI is InChI=1S/C22H21ClN2O4S/c1-4-28-18-9-7-14(11-19(18)29-5-2)10-16-20(26)24-22(30)25(21(16)27)15-8-6-13(3)17(23)12-15/h6-12H,4-5H2,1-3H3,(H,24,26,30)/b16-10+. The molecular formula is C22H21ClN2O4S. The number of carbonyl (C=O) groups excluding carboxylic acids is 2. The lowest BCUT2D eigenvalue weighted by Gasteiger charge is -2.29. The number of hydrogen-bond donors (Lipinski definition) is 1. The molecule has 1 saturated heterocycles. The third-order valence-corrected chi connectivity index (χ3v) is 5.09. The number of benzene rings is 2. The van der Waals surface area contributed by atoms with Crippen molar-refractivity contribution in [3.05, 3.63) is 58.1 Å². The maximum Gasteiger partial charge on any atom is 0.270 e. The summed E-state index contributed by atoms with van der Waals surface area (Å²) in [4.78, 5) is 26.9. The van der Waals surface area contributed by atoms with Crippen LogP contribution in [0.1, 0.15) is 25.0 Å². The lowest BCUT2D eigenvalue weighted by molar-refractivity contribution is -0.122. The van der Waals surface area contributed by atoms with Gasteiger partial charge < -0.3 is 9.47 Å². The number of aryl methyl sites for hydroxylation is 1. The van der Waals surface area contributed by atoms with E-state index < -0.39 is 11.8 Å². The van der Waals surface area contributed by atoms with Gasteiger partial charge in [-0.15, -0.1) is 0 Å². The number of nitrogens with one attached hydrogen (secondary N) is 1. The highest BCUT2D eigenvalue weighted by atomic mass is 35.5. The monoisotopic (exact) mass is 444 g/mol. The van der Waals surface area contributed by atoms with E-state index in [0.717, 1.165) is 5.56 Å². The highest BCUT2D eigenvalue weighted by Gasteiger charge is 2.34. The predicted octanol–water partition coefficient (Wildman–Crippen LogP) is 4.28. The van der Waals surface area contributed by atoms with Crippen molar-refractivity contribution in [2.75, 3.05) is 18.1 Å². The number of amides is 2. The van der Waals surface area contributed by atoms with Gasteiger partial charge in [-0.05, 0) is 74.5 Å². The van der Waals surface area contributed by atoms with Crippen molar-refractivity contribution in [3.63, 3.8) is 0 Å². The van der Waals surface area contributed by atoms with E-state index in [1.807, 2.05) is 20.8 Å². The molecule has 2 aromatic rings. The smallest absolute Gasteiger partial charge is 0.270 e. The van der Waals surface area contributed by atoms with Crippen LogP contribution < -0.4 is 19.7 Å². The van der Waals surface area contributed by atoms with Crippen LogP contribution >= 0.6 is 23.8 Å². The average molecular weight is 445 g/mol. The second-order valence-corrected chi connectivity index (χ2v) is 7.26. The molecule has 0 spiro atoms. The zero-order chi connectivity index (χ0) is 21.8. The Labute approximate surface area is 185 Å². The fourth-order valence-electron chi connectivity index (χ4n) is 2.94. The molecule has 0 radical (unpaired) electrons. The number of carbonyl (C=O) groups is 2. The molecule has 1 aliphatic rings. The summed E-state index contributed by atoms with van der Waals surface area (Å²) >= 11 is 11.4. The molecule has 156 valence electrons. The van der Waals surface area contributed by atoms with E-state index in [2.05, 4.69) is 5.32 Å². The molecule has 30 heavy (non-hydrogen) atoms. The fraction of sp³-hybridized carbons (Fsp3) is 0.227. The van der Waals surface area contributed by atoms with Crippen LogP contribution in [0.3, 0.4) is 0 Å². The summed E-state index contributed by atoms with van der Waals surface area (Å²) in [6.45, 7) is 6.55. The molecule has 1 heterocycles. The third-order valence-electron chi connectivity index (χ3n) is 4.39. The number of rotatable bonds is 6. The molecule has 2 aromatic carbocycles. The summed E-state index contributed by atoms with van der Waals surface area (Å²) in [6, 6.07) is 10.4. The number of anilines is 1. The number of halogens is 1. The van der Waals surface area contributed by atoms with Crippen LogP contribution in [0.4, 0.5) is 5.69 Å². The number of hydrogen-bond acceptors (Lipinski definition) is 5. The molecule has 1 N–H and O–H groups in total. The molecule has 0 atom stereocenters. The summed E-state index contributed by atoms with van der Waals surface area (Å²) in [5.74, 6) is 0.0369. The molecule has 0 unspecified atom stereocenters. The van der Waals surface area contributed by atoms with E-state index in [0.29, 0.717) is 41.0 Å². The van der Waals surface area contributed by atoms with Gasteiger partial charge in [0.25, 0.3) is 11.8 Å². The van der Waals surface area contributed by atoms with Crippen LogP contribution in [0, 0.1) is 6.92 Å². The van der Waals surface area contributed by atoms with Crippen molar-refractivity contribution in [1.82, 2.24) is 5.32 Å². The highest BCUT2D eigenvalue weighted by molar-refractivity contribution is 7.80. The molecule has 0 bridgehead atoms. The Morgan fingerprint density at radius 2 is 1.77 bits per heavy atom. The van der Waals surface area contributed by atoms with E-state index in [-0.39, 0.29) is 10.7 Å².